The molecule has 0 spiro atoms. The SMILES string of the molecule is Cc1c(C(=O)OCc2cc(=O)n3cccc(C)c3n2)oc2c1ccc1ccccc12. The highest BCUT2D eigenvalue weighted by molar-refractivity contribution is 6.08. The van der Waals surface area contributed by atoms with Crippen molar-refractivity contribution in [2.75, 3.05) is 0 Å². The van der Waals surface area contributed by atoms with Gasteiger partial charge < -0.3 is 9.15 Å². The third-order valence-corrected chi connectivity index (χ3v) is 5.30. The average Bonchev–Trinajstić information content (AvgIpc) is 3.10. The number of carbonyl (C=O) groups excluding carboxylic acids is 1. The largest absolute Gasteiger partial charge is 0.453 e. The fraction of sp³-hybridized carbons (Fsp3) is 0.125. The molecule has 2 aromatic carbocycles. The van der Waals surface area contributed by atoms with Gasteiger partial charge in [0.1, 0.15) is 17.8 Å². The van der Waals surface area contributed by atoms with Gasteiger partial charge in [0.05, 0.1) is 5.69 Å². The quantitative estimate of drug-likeness (QED) is 0.416. The van der Waals surface area contributed by atoms with Gasteiger partial charge in [0, 0.05) is 28.6 Å². The van der Waals surface area contributed by atoms with E-state index in [2.05, 4.69) is 4.98 Å². The molecule has 0 bridgehead atoms. The molecule has 6 nitrogen and oxygen atoms in total. The molecule has 0 aliphatic heterocycles. The molecular weight excluding hydrogens is 380 g/mol. The topological polar surface area (TPSA) is 73.8 Å². The van der Waals surface area contributed by atoms with Gasteiger partial charge in [0.2, 0.25) is 5.76 Å². The van der Waals surface area contributed by atoms with Crippen LogP contribution in [0.3, 0.4) is 0 Å². The van der Waals surface area contributed by atoms with Crippen molar-refractivity contribution in [3.05, 3.63) is 93.7 Å². The lowest BCUT2D eigenvalue weighted by Crippen LogP contribution is -2.17. The van der Waals surface area contributed by atoms with Crippen molar-refractivity contribution in [1.29, 1.82) is 0 Å². The van der Waals surface area contributed by atoms with E-state index in [1.807, 2.05) is 56.3 Å². The van der Waals surface area contributed by atoms with E-state index in [1.165, 1.54) is 10.5 Å². The number of fused-ring (bicyclic) bond motifs is 4. The molecule has 0 unspecified atom stereocenters. The number of aryl methyl sites for hydroxylation is 2. The van der Waals surface area contributed by atoms with Crippen LogP contribution in [0.5, 0.6) is 0 Å². The minimum absolute atomic E-state index is 0.115. The number of hydrogen-bond acceptors (Lipinski definition) is 5. The Morgan fingerprint density at radius 2 is 1.90 bits per heavy atom. The summed E-state index contributed by atoms with van der Waals surface area (Å²) < 4.78 is 12.8. The predicted molar refractivity (Wildman–Crippen MR) is 114 cm³/mol. The van der Waals surface area contributed by atoms with Crippen LogP contribution >= 0.6 is 0 Å². The third kappa shape index (κ3) is 2.85. The smallest absolute Gasteiger partial charge is 0.374 e. The fourth-order valence-electron chi connectivity index (χ4n) is 3.73. The summed E-state index contributed by atoms with van der Waals surface area (Å²) in [5, 5.41) is 2.85. The zero-order chi connectivity index (χ0) is 20.8. The lowest BCUT2D eigenvalue weighted by atomic mass is 10.1. The highest BCUT2D eigenvalue weighted by Crippen LogP contribution is 2.32. The van der Waals surface area contributed by atoms with Crippen molar-refractivity contribution in [3.63, 3.8) is 0 Å². The van der Waals surface area contributed by atoms with Gasteiger partial charge in [-0.25, -0.2) is 9.78 Å². The van der Waals surface area contributed by atoms with E-state index in [9.17, 15) is 9.59 Å². The van der Waals surface area contributed by atoms with Gasteiger partial charge in [-0.05, 0) is 30.9 Å². The Hall–Kier alpha value is -3.93. The maximum atomic E-state index is 12.7. The van der Waals surface area contributed by atoms with Gasteiger partial charge >= 0.3 is 5.97 Å². The number of hydrogen-bond donors (Lipinski definition) is 0. The second-order valence-electron chi connectivity index (χ2n) is 7.27. The Balaban J connectivity index is 1.47. The molecule has 5 rings (SSSR count). The van der Waals surface area contributed by atoms with Crippen LogP contribution in [-0.2, 0) is 11.3 Å². The molecule has 0 amide bonds. The van der Waals surface area contributed by atoms with Crippen LogP contribution in [0.4, 0.5) is 0 Å². The molecule has 6 heteroatoms. The van der Waals surface area contributed by atoms with E-state index < -0.39 is 5.97 Å². The normalized spacial score (nSPS) is 11.4. The van der Waals surface area contributed by atoms with Crippen molar-refractivity contribution in [2.24, 2.45) is 0 Å². The first kappa shape index (κ1) is 18.1. The summed E-state index contributed by atoms with van der Waals surface area (Å²) in [7, 11) is 0. The van der Waals surface area contributed by atoms with Gasteiger partial charge in [-0.1, -0.05) is 42.5 Å². The maximum Gasteiger partial charge on any atom is 0.374 e. The van der Waals surface area contributed by atoms with E-state index in [0.29, 0.717) is 16.9 Å². The van der Waals surface area contributed by atoms with Crippen molar-refractivity contribution in [3.8, 4) is 0 Å². The number of ether oxygens (including phenoxy) is 1. The van der Waals surface area contributed by atoms with Crippen molar-refractivity contribution >= 4 is 33.4 Å². The molecule has 0 saturated heterocycles. The van der Waals surface area contributed by atoms with Crippen LogP contribution in [0.25, 0.3) is 27.4 Å². The first-order chi connectivity index (χ1) is 14.5. The summed E-state index contributed by atoms with van der Waals surface area (Å²) in [5.74, 6) is -0.422. The minimum Gasteiger partial charge on any atom is -0.453 e. The summed E-state index contributed by atoms with van der Waals surface area (Å²) in [6, 6.07) is 16.8. The Labute approximate surface area is 171 Å². The number of nitrogens with zero attached hydrogens (tertiary/aromatic N) is 2. The van der Waals surface area contributed by atoms with Crippen molar-refractivity contribution < 1.29 is 13.9 Å². The van der Waals surface area contributed by atoms with Gasteiger partial charge in [0.25, 0.3) is 5.56 Å². The molecular formula is C24H18N2O4. The summed E-state index contributed by atoms with van der Waals surface area (Å²) in [4.78, 5) is 29.5. The molecule has 0 atom stereocenters. The van der Waals surface area contributed by atoms with Crippen LogP contribution < -0.4 is 5.56 Å². The monoisotopic (exact) mass is 398 g/mol. The first-order valence-electron chi connectivity index (χ1n) is 9.59. The number of pyridine rings is 1. The summed E-state index contributed by atoms with van der Waals surface area (Å²) in [5.41, 5.74) is 2.96. The maximum absolute atomic E-state index is 12.7. The average molecular weight is 398 g/mol. The molecule has 3 aromatic heterocycles. The zero-order valence-electron chi connectivity index (χ0n) is 16.5. The number of aromatic nitrogens is 2. The van der Waals surface area contributed by atoms with E-state index in [1.54, 1.807) is 12.3 Å². The lowest BCUT2D eigenvalue weighted by Gasteiger charge is -2.07. The second kappa shape index (κ2) is 6.84. The number of furan rings is 1. The highest BCUT2D eigenvalue weighted by atomic mass is 16.5. The van der Waals surface area contributed by atoms with Crippen molar-refractivity contribution in [2.45, 2.75) is 20.5 Å². The Kier molecular flexibility index (Phi) is 4.13. The van der Waals surface area contributed by atoms with E-state index in [-0.39, 0.29) is 17.9 Å². The molecule has 0 aliphatic rings. The lowest BCUT2D eigenvalue weighted by molar-refractivity contribution is 0.0432. The Morgan fingerprint density at radius 1 is 1.07 bits per heavy atom. The van der Waals surface area contributed by atoms with Gasteiger partial charge in [-0.3, -0.25) is 9.20 Å². The van der Waals surface area contributed by atoms with Crippen molar-refractivity contribution in [1.82, 2.24) is 9.38 Å². The Morgan fingerprint density at radius 3 is 2.77 bits per heavy atom. The van der Waals surface area contributed by atoms with E-state index in [0.717, 1.165) is 27.3 Å². The minimum atomic E-state index is -0.584. The fourth-order valence-corrected chi connectivity index (χ4v) is 3.73. The van der Waals surface area contributed by atoms with Gasteiger partial charge in [-0.2, -0.15) is 0 Å². The number of carbonyl (C=O) groups is 1. The van der Waals surface area contributed by atoms with Crippen LogP contribution in [0, 0.1) is 13.8 Å². The zero-order valence-corrected chi connectivity index (χ0v) is 16.5. The number of rotatable bonds is 3. The van der Waals surface area contributed by atoms with Gasteiger partial charge in [0.15, 0.2) is 0 Å². The summed E-state index contributed by atoms with van der Waals surface area (Å²) >= 11 is 0. The van der Waals surface area contributed by atoms with Crippen LogP contribution in [-0.4, -0.2) is 15.4 Å². The number of benzene rings is 2. The standard InChI is InChI=1S/C24H18N2O4/c1-14-6-5-11-26-20(27)12-17(25-23(14)26)13-29-24(28)21-15(2)18-10-9-16-7-3-4-8-19(16)22(18)30-21/h3-12H,13H2,1-2H3. The van der Waals surface area contributed by atoms with Crippen LogP contribution in [0.1, 0.15) is 27.4 Å². The molecule has 0 N–H and O–H groups in total. The summed E-state index contributed by atoms with van der Waals surface area (Å²) in [6.45, 7) is 3.59. The van der Waals surface area contributed by atoms with Crippen LogP contribution in [0.15, 0.2) is 70.0 Å². The Bertz CT molecular complexity index is 1510. The molecule has 0 fully saturated rings. The first-order valence-corrected chi connectivity index (χ1v) is 9.59. The van der Waals surface area contributed by atoms with Gasteiger partial charge in [-0.15, -0.1) is 0 Å². The van der Waals surface area contributed by atoms with Crippen LogP contribution in [0.2, 0.25) is 0 Å². The molecule has 5 aromatic rings. The molecule has 148 valence electrons. The predicted octanol–water partition coefficient (Wildman–Crippen LogP) is 4.57. The second-order valence-corrected chi connectivity index (χ2v) is 7.27. The molecule has 0 aliphatic carbocycles. The molecule has 0 radical (unpaired) electrons. The summed E-state index contributed by atoms with van der Waals surface area (Å²) in [6.07, 6.45) is 1.66. The molecule has 30 heavy (non-hydrogen) atoms. The molecule has 0 saturated carbocycles. The molecule has 3 heterocycles. The van der Waals surface area contributed by atoms with E-state index in [4.69, 9.17) is 9.15 Å². The highest BCUT2D eigenvalue weighted by Gasteiger charge is 2.20. The third-order valence-electron chi connectivity index (χ3n) is 5.30. The van der Waals surface area contributed by atoms with E-state index >= 15 is 0 Å². The number of esters is 1.